The maximum Gasteiger partial charge on any atom is 0.338 e. The van der Waals surface area contributed by atoms with Gasteiger partial charge >= 0.3 is 5.97 Å². The molecule has 0 atom stereocenters. The van der Waals surface area contributed by atoms with Crippen molar-refractivity contribution >= 4 is 11.8 Å². The van der Waals surface area contributed by atoms with Crippen LogP contribution in [0.25, 0.3) is 0 Å². The van der Waals surface area contributed by atoms with Crippen molar-refractivity contribution in [2.75, 3.05) is 19.7 Å². The van der Waals surface area contributed by atoms with E-state index in [2.05, 4.69) is 4.90 Å². The van der Waals surface area contributed by atoms with Crippen molar-refractivity contribution in [1.82, 2.24) is 4.90 Å². The number of benzene rings is 2. The molecule has 1 aliphatic heterocycles. The lowest BCUT2D eigenvalue weighted by atomic mass is 10.00. The lowest BCUT2D eigenvalue weighted by Crippen LogP contribution is -2.29. The van der Waals surface area contributed by atoms with Gasteiger partial charge in [0.05, 0.1) is 12.2 Å². The van der Waals surface area contributed by atoms with E-state index in [4.69, 9.17) is 4.74 Å². The zero-order valence-electron chi connectivity index (χ0n) is 15.2. The average Bonchev–Trinajstić information content (AvgIpc) is 2.69. The SMILES string of the molecule is CCOC(=O)c1cccc(C(=O)c2ccc(CN3CCCCC3)cc2)c1. The van der Waals surface area contributed by atoms with Gasteiger partial charge in [0.15, 0.2) is 5.78 Å². The molecular formula is C22H25NO3. The Labute approximate surface area is 154 Å². The fourth-order valence-corrected chi connectivity index (χ4v) is 3.31. The molecule has 2 aromatic carbocycles. The van der Waals surface area contributed by atoms with Gasteiger partial charge in [-0.15, -0.1) is 0 Å². The fourth-order valence-electron chi connectivity index (χ4n) is 3.31. The first kappa shape index (κ1) is 18.3. The predicted molar refractivity (Wildman–Crippen MR) is 101 cm³/mol. The molecule has 1 aliphatic rings. The first-order valence-electron chi connectivity index (χ1n) is 9.30. The van der Waals surface area contributed by atoms with Gasteiger partial charge in [-0.05, 0) is 50.6 Å². The van der Waals surface area contributed by atoms with Crippen LogP contribution in [0.1, 0.15) is 58.0 Å². The molecule has 136 valence electrons. The number of piperidine rings is 1. The highest BCUT2D eigenvalue weighted by Crippen LogP contribution is 2.16. The summed E-state index contributed by atoms with van der Waals surface area (Å²) in [5.74, 6) is -0.486. The Morgan fingerprint density at radius 3 is 2.31 bits per heavy atom. The highest BCUT2D eigenvalue weighted by molar-refractivity contribution is 6.10. The van der Waals surface area contributed by atoms with Crippen molar-refractivity contribution in [3.8, 4) is 0 Å². The Morgan fingerprint density at radius 2 is 1.62 bits per heavy atom. The summed E-state index contributed by atoms with van der Waals surface area (Å²) in [5.41, 5.74) is 2.76. The van der Waals surface area contributed by atoms with Crippen molar-refractivity contribution in [1.29, 1.82) is 0 Å². The highest BCUT2D eigenvalue weighted by atomic mass is 16.5. The zero-order chi connectivity index (χ0) is 18.4. The topological polar surface area (TPSA) is 46.6 Å². The van der Waals surface area contributed by atoms with Crippen LogP contribution in [-0.2, 0) is 11.3 Å². The quantitative estimate of drug-likeness (QED) is 0.581. The van der Waals surface area contributed by atoms with E-state index in [-0.39, 0.29) is 5.78 Å². The van der Waals surface area contributed by atoms with Gasteiger partial charge in [-0.1, -0.05) is 42.8 Å². The Balaban J connectivity index is 1.69. The van der Waals surface area contributed by atoms with Crippen LogP contribution in [-0.4, -0.2) is 36.3 Å². The van der Waals surface area contributed by atoms with Crippen molar-refractivity contribution in [2.24, 2.45) is 0 Å². The van der Waals surface area contributed by atoms with Crippen LogP contribution < -0.4 is 0 Å². The Bertz CT molecular complexity index is 761. The van der Waals surface area contributed by atoms with Gasteiger partial charge in [-0.2, -0.15) is 0 Å². The van der Waals surface area contributed by atoms with E-state index in [1.165, 1.54) is 24.8 Å². The van der Waals surface area contributed by atoms with Crippen LogP contribution in [0.5, 0.6) is 0 Å². The molecule has 1 heterocycles. The summed E-state index contributed by atoms with van der Waals surface area (Å²) in [4.78, 5) is 27.0. The summed E-state index contributed by atoms with van der Waals surface area (Å²) in [6.07, 6.45) is 3.87. The number of hydrogen-bond donors (Lipinski definition) is 0. The van der Waals surface area contributed by atoms with E-state index in [0.29, 0.717) is 23.3 Å². The summed E-state index contributed by atoms with van der Waals surface area (Å²) >= 11 is 0. The lowest BCUT2D eigenvalue weighted by molar-refractivity contribution is 0.0526. The van der Waals surface area contributed by atoms with Crippen molar-refractivity contribution < 1.29 is 14.3 Å². The second kappa shape index (κ2) is 8.77. The number of hydrogen-bond acceptors (Lipinski definition) is 4. The molecule has 1 fully saturated rings. The van der Waals surface area contributed by atoms with E-state index in [1.54, 1.807) is 31.2 Å². The van der Waals surface area contributed by atoms with Gasteiger partial charge in [-0.3, -0.25) is 9.69 Å². The van der Waals surface area contributed by atoms with Crippen molar-refractivity contribution in [3.05, 3.63) is 70.8 Å². The third kappa shape index (κ3) is 4.58. The third-order valence-corrected chi connectivity index (χ3v) is 4.71. The van der Waals surface area contributed by atoms with E-state index in [1.807, 2.05) is 24.3 Å². The maximum absolute atomic E-state index is 12.7. The number of likely N-dealkylation sites (tertiary alicyclic amines) is 1. The summed E-state index contributed by atoms with van der Waals surface area (Å²) in [6, 6.07) is 14.5. The molecule has 1 saturated heterocycles. The van der Waals surface area contributed by atoms with Crippen LogP contribution in [0.4, 0.5) is 0 Å². The average molecular weight is 351 g/mol. The monoisotopic (exact) mass is 351 g/mol. The number of carbonyl (C=O) groups excluding carboxylic acids is 2. The molecule has 0 aromatic heterocycles. The summed E-state index contributed by atoms with van der Waals surface area (Å²) < 4.78 is 5.00. The Morgan fingerprint density at radius 1 is 0.923 bits per heavy atom. The van der Waals surface area contributed by atoms with Gasteiger partial charge in [0.1, 0.15) is 0 Å². The van der Waals surface area contributed by atoms with Gasteiger partial charge in [-0.25, -0.2) is 4.79 Å². The summed E-state index contributed by atoms with van der Waals surface area (Å²) in [5, 5.41) is 0. The minimum absolute atomic E-state index is 0.0827. The molecule has 0 radical (unpaired) electrons. The van der Waals surface area contributed by atoms with Crippen molar-refractivity contribution in [3.63, 3.8) is 0 Å². The molecule has 0 spiro atoms. The van der Waals surface area contributed by atoms with Gasteiger partial charge < -0.3 is 4.74 Å². The molecule has 0 saturated carbocycles. The van der Waals surface area contributed by atoms with Crippen LogP contribution >= 0.6 is 0 Å². The number of carbonyl (C=O) groups is 2. The van der Waals surface area contributed by atoms with Crippen LogP contribution in [0.3, 0.4) is 0 Å². The maximum atomic E-state index is 12.7. The predicted octanol–water partition coefficient (Wildman–Crippen LogP) is 4.08. The molecule has 2 aromatic rings. The lowest BCUT2D eigenvalue weighted by Gasteiger charge is -2.26. The molecule has 0 bridgehead atoms. The molecule has 3 rings (SSSR count). The van der Waals surface area contributed by atoms with Crippen LogP contribution in [0.2, 0.25) is 0 Å². The number of ketones is 1. The normalized spacial score (nSPS) is 14.8. The molecule has 4 heteroatoms. The minimum Gasteiger partial charge on any atom is -0.462 e. The van der Waals surface area contributed by atoms with E-state index < -0.39 is 5.97 Å². The summed E-state index contributed by atoms with van der Waals surface area (Å²) in [7, 11) is 0. The summed E-state index contributed by atoms with van der Waals surface area (Å²) in [6.45, 7) is 5.32. The van der Waals surface area contributed by atoms with Gasteiger partial charge in [0.2, 0.25) is 0 Å². The van der Waals surface area contributed by atoms with E-state index in [0.717, 1.165) is 19.6 Å². The van der Waals surface area contributed by atoms with E-state index in [9.17, 15) is 9.59 Å². The Kier molecular flexibility index (Phi) is 6.18. The standard InChI is InChI=1S/C22H25NO3/c1-2-26-22(25)20-8-6-7-19(15-20)21(24)18-11-9-17(10-12-18)16-23-13-4-3-5-14-23/h6-12,15H,2-5,13-14,16H2,1H3. The first-order chi connectivity index (χ1) is 12.7. The third-order valence-electron chi connectivity index (χ3n) is 4.71. The number of ether oxygens (including phenoxy) is 1. The van der Waals surface area contributed by atoms with Gasteiger partial charge in [0.25, 0.3) is 0 Å². The second-order valence-electron chi connectivity index (χ2n) is 6.66. The number of rotatable bonds is 6. The number of nitrogens with zero attached hydrogens (tertiary/aromatic N) is 1. The second-order valence-corrected chi connectivity index (χ2v) is 6.66. The smallest absolute Gasteiger partial charge is 0.338 e. The molecule has 0 unspecified atom stereocenters. The molecule has 0 amide bonds. The minimum atomic E-state index is -0.404. The highest BCUT2D eigenvalue weighted by Gasteiger charge is 2.14. The van der Waals surface area contributed by atoms with E-state index >= 15 is 0 Å². The van der Waals surface area contributed by atoms with Gasteiger partial charge in [0, 0.05) is 17.7 Å². The zero-order valence-corrected chi connectivity index (χ0v) is 15.2. The largest absolute Gasteiger partial charge is 0.462 e. The first-order valence-corrected chi connectivity index (χ1v) is 9.30. The molecular weight excluding hydrogens is 326 g/mol. The molecule has 0 aliphatic carbocycles. The number of esters is 1. The fraction of sp³-hybridized carbons (Fsp3) is 0.364. The van der Waals surface area contributed by atoms with Crippen LogP contribution in [0, 0.1) is 0 Å². The molecule has 26 heavy (non-hydrogen) atoms. The molecule has 4 nitrogen and oxygen atoms in total. The van der Waals surface area contributed by atoms with Crippen molar-refractivity contribution in [2.45, 2.75) is 32.7 Å². The molecule has 0 N–H and O–H groups in total. The van der Waals surface area contributed by atoms with Crippen LogP contribution in [0.15, 0.2) is 48.5 Å². The Hall–Kier alpha value is -2.46.